The number of benzene rings is 2. The molecule has 152 valence electrons. The van der Waals surface area contributed by atoms with Crippen LogP contribution in [-0.2, 0) is 19.1 Å². The van der Waals surface area contributed by atoms with E-state index >= 15 is 0 Å². The summed E-state index contributed by atoms with van der Waals surface area (Å²) < 4.78 is 4.87. The van der Waals surface area contributed by atoms with Crippen LogP contribution in [0.4, 0.5) is 0 Å². The molecule has 3 amide bonds. The molecule has 0 saturated heterocycles. The summed E-state index contributed by atoms with van der Waals surface area (Å²) in [6.45, 7) is 1.39. The van der Waals surface area contributed by atoms with Gasteiger partial charge >= 0.3 is 5.97 Å². The van der Waals surface area contributed by atoms with Crippen molar-refractivity contribution in [2.24, 2.45) is 0 Å². The van der Waals surface area contributed by atoms with Crippen molar-refractivity contribution in [2.45, 2.75) is 25.8 Å². The lowest BCUT2D eigenvalue weighted by atomic mass is 10.1. The SMILES string of the molecule is C[C@H](NC(=O)COC(=O)CCC(=O)NNC(=O)c1ccccc1)c1ccccc1. The van der Waals surface area contributed by atoms with Crippen LogP contribution in [0, 0.1) is 0 Å². The van der Waals surface area contributed by atoms with Gasteiger partial charge in [-0.15, -0.1) is 0 Å². The number of carbonyl (C=O) groups is 4. The van der Waals surface area contributed by atoms with Crippen molar-refractivity contribution in [2.75, 3.05) is 6.61 Å². The van der Waals surface area contributed by atoms with E-state index in [1.165, 1.54) is 0 Å². The van der Waals surface area contributed by atoms with E-state index in [-0.39, 0.29) is 18.9 Å². The quantitative estimate of drug-likeness (QED) is 0.463. The van der Waals surface area contributed by atoms with Gasteiger partial charge < -0.3 is 10.1 Å². The van der Waals surface area contributed by atoms with Crippen molar-refractivity contribution in [3.05, 3.63) is 71.8 Å². The van der Waals surface area contributed by atoms with E-state index < -0.39 is 30.3 Å². The van der Waals surface area contributed by atoms with Gasteiger partial charge in [-0.25, -0.2) is 0 Å². The van der Waals surface area contributed by atoms with Crippen LogP contribution in [0.5, 0.6) is 0 Å². The van der Waals surface area contributed by atoms with Crippen LogP contribution in [0.2, 0.25) is 0 Å². The third-order valence-electron chi connectivity index (χ3n) is 3.95. The Morgan fingerprint density at radius 3 is 2.10 bits per heavy atom. The van der Waals surface area contributed by atoms with Crippen molar-refractivity contribution in [3.8, 4) is 0 Å². The Balaban J connectivity index is 1.61. The van der Waals surface area contributed by atoms with E-state index in [1.807, 2.05) is 37.3 Å². The lowest BCUT2D eigenvalue weighted by Gasteiger charge is -2.14. The van der Waals surface area contributed by atoms with Crippen molar-refractivity contribution >= 4 is 23.7 Å². The van der Waals surface area contributed by atoms with Crippen LogP contribution < -0.4 is 16.2 Å². The molecule has 0 heterocycles. The first-order valence-corrected chi connectivity index (χ1v) is 9.10. The van der Waals surface area contributed by atoms with Crippen LogP contribution in [0.3, 0.4) is 0 Å². The lowest BCUT2D eigenvalue weighted by Crippen LogP contribution is -2.41. The highest BCUT2D eigenvalue weighted by atomic mass is 16.5. The van der Waals surface area contributed by atoms with Crippen LogP contribution in [-0.4, -0.2) is 30.3 Å². The fraction of sp³-hybridized carbons (Fsp3) is 0.238. The summed E-state index contributed by atoms with van der Waals surface area (Å²) in [5, 5.41) is 2.72. The normalized spacial score (nSPS) is 11.1. The van der Waals surface area contributed by atoms with E-state index in [0.717, 1.165) is 5.56 Å². The van der Waals surface area contributed by atoms with Crippen molar-refractivity contribution < 1.29 is 23.9 Å². The summed E-state index contributed by atoms with van der Waals surface area (Å²) in [7, 11) is 0. The first kappa shape index (κ1) is 21.6. The first-order chi connectivity index (χ1) is 14.0. The molecule has 2 aromatic rings. The second-order valence-corrected chi connectivity index (χ2v) is 6.23. The molecular formula is C21H23N3O5. The highest BCUT2D eigenvalue weighted by Crippen LogP contribution is 2.10. The van der Waals surface area contributed by atoms with Gasteiger partial charge in [0.15, 0.2) is 6.61 Å². The first-order valence-electron chi connectivity index (χ1n) is 9.10. The molecule has 8 nitrogen and oxygen atoms in total. The second kappa shape index (κ2) is 11.2. The summed E-state index contributed by atoms with van der Waals surface area (Å²) in [5.41, 5.74) is 5.80. The second-order valence-electron chi connectivity index (χ2n) is 6.23. The minimum absolute atomic E-state index is 0.185. The number of hydrogen-bond acceptors (Lipinski definition) is 5. The number of hydrazine groups is 1. The number of nitrogens with one attached hydrogen (secondary N) is 3. The van der Waals surface area contributed by atoms with E-state index in [2.05, 4.69) is 16.2 Å². The molecule has 0 radical (unpaired) electrons. The monoisotopic (exact) mass is 397 g/mol. The van der Waals surface area contributed by atoms with Gasteiger partial charge in [0.25, 0.3) is 11.8 Å². The smallest absolute Gasteiger partial charge is 0.306 e. The Hall–Kier alpha value is -3.68. The van der Waals surface area contributed by atoms with Gasteiger partial charge in [0, 0.05) is 12.0 Å². The number of amides is 3. The minimum Gasteiger partial charge on any atom is -0.456 e. The third-order valence-corrected chi connectivity index (χ3v) is 3.95. The number of ether oxygens (including phenoxy) is 1. The Morgan fingerprint density at radius 1 is 0.828 bits per heavy atom. The fourth-order valence-electron chi connectivity index (χ4n) is 2.39. The lowest BCUT2D eigenvalue weighted by molar-refractivity contribution is -0.149. The molecule has 0 saturated carbocycles. The largest absolute Gasteiger partial charge is 0.456 e. The Kier molecular flexibility index (Phi) is 8.37. The zero-order valence-corrected chi connectivity index (χ0v) is 16.0. The molecule has 8 heteroatoms. The molecule has 2 aromatic carbocycles. The van der Waals surface area contributed by atoms with Crippen LogP contribution >= 0.6 is 0 Å². The Morgan fingerprint density at radius 2 is 1.45 bits per heavy atom. The highest BCUT2D eigenvalue weighted by molar-refractivity contribution is 5.95. The molecule has 0 spiro atoms. The molecule has 0 bridgehead atoms. The minimum atomic E-state index is -0.683. The zero-order valence-electron chi connectivity index (χ0n) is 16.0. The molecule has 1 atom stereocenters. The van der Waals surface area contributed by atoms with Crippen molar-refractivity contribution in [1.29, 1.82) is 0 Å². The molecule has 0 aliphatic rings. The van der Waals surface area contributed by atoms with E-state index in [9.17, 15) is 19.2 Å². The average molecular weight is 397 g/mol. The molecular weight excluding hydrogens is 374 g/mol. The fourth-order valence-corrected chi connectivity index (χ4v) is 2.39. The number of carbonyl (C=O) groups excluding carboxylic acids is 4. The molecule has 0 aromatic heterocycles. The van der Waals surface area contributed by atoms with E-state index in [4.69, 9.17) is 4.74 Å². The average Bonchev–Trinajstić information content (AvgIpc) is 2.75. The molecule has 0 aliphatic heterocycles. The van der Waals surface area contributed by atoms with Crippen molar-refractivity contribution in [1.82, 2.24) is 16.2 Å². The highest BCUT2D eigenvalue weighted by Gasteiger charge is 2.13. The summed E-state index contributed by atoms with van der Waals surface area (Å²) >= 11 is 0. The van der Waals surface area contributed by atoms with Crippen LogP contribution in [0.1, 0.15) is 41.7 Å². The zero-order chi connectivity index (χ0) is 21.1. The maximum absolute atomic E-state index is 11.9. The maximum Gasteiger partial charge on any atom is 0.306 e. The third kappa shape index (κ3) is 7.84. The Bertz CT molecular complexity index is 840. The topological polar surface area (TPSA) is 114 Å². The van der Waals surface area contributed by atoms with Gasteiger partial charge in [-0.1, -0.05) is 48.5 Å². The standard InChI is InChI=1S/C21H23N3O5/c1-15(16-8-4-2-5-9-16)22-19(26)14-29-20(27)13-12-18(25)23-24-21(28)17-10-6-3-7-11-17/h2-11,15H,12-14H2,1H3,(H,22,26)(H,23,25)(H,24,28)/t15-/m0/s1. The molecule has 0 aliphatic carbocycles. The molecule has 3 N–H and O–H groups in total. The van der Waals surface area contributed by atoms with Crippen LogP contribution in [0.25, 0.3) is 0 Å². The summed E-state index contributed by atoms with van der Waals surface area (Å²) in [5.74, 6) is -2.13. The summed E-state index contributed by atoms with van der Waals surface area (Å²) in [6.07, 6.45) is -0.398. The Labute approximate surface area is 168 Å². The number of esters is 1. The number of rotatable bonds is 8. The van der Waals surface area contributed by atoms with Gasteiger partial charge in [-0.2, -0.15) is 0 Å². The van der Waals surface area contributed by atoms with Gasteiger partial charge in [0.2, 0.25) is 5.91 Å². The maximum atomic E-state index is 11.9. The number of hydrogen-bond donors (Lipinski definition) is 3. The predicted octanol–water partition coefficient (Wildman–Crippen LogP) is 1.65. The van der Waals surface area contributed by atoms with Gasteiger partial charge in [-0.3, -0.25) is 30.0 Å². The summed E-state index contributed by atoms with van der Waals surface area (Å²) in [6, 6.07) is 17.5. The van der Waals surface area contributed by atoms with E-state index in [0.29, 0.717) is 5.56 Å². The van der Waals surface area contributed by atoms with Crippen molar-refractivity contribution in [3.63, 3.8) is 0 Å². The van der Waals surface area contributed by atoms with Crippen LogP contribution in [0.15, 0.2) is 60.7 Å². The van der Waals surface area contributed by atoms with Gasteiger partial charge in [0.05, 0.1) is 12.5 Å². The molecule has 0 fully saturated rings. The molecule has 0 unspecified atom stereocenters. The van der Waals surface area contributed by atoms with Gasteiger partial charge in [-0.05, 0) is 24.6 Å². The van der Waals surface area contributed by atoms with E-state index in [1.54, 1.807) is 30.3 Å². The molecule has 2 rings (SSSR count). The van der Waals surface area contributed by atoms with Gasteiger partial charge in [0.1, 0.15) is 0 Å². The summed E-state index contributed by atoms with van der Waals surface area (Å²) in [4.78, 5) is 47.1. The predicted molar refractivity (Wildman–Crippen MR) is 105 cm³/mol. The molecule has 29 heavy (non-hydrogen) atoms.